The van der Waals surface area contributed by atoms with E-state index < -0.39 is 0 Å². The van der Waals surface area contributed by atoms with Gasteiger partial charge in [0.2, 0.25) is 0 Å². The van der Waals surface area contributed by atoms with E-state index in [0.29, 0.717) is 12.0 Å². The molecule has 0 radical (unpaired) electrons. The Hall–Kier alpha value is -1.16. The minimum Gasteiger partial charge on any atom is -0.351 e. The predicted molar refractivity (Wildman–Crippen MR) is 63.7 cm³/mol. The molecule has 1 N–H and O–H groups in total. The number of hydrogen-bond donors (Lipinski definition) is 1. The molecule has 2 aliphatic rings. The summed E-state index contributed by atoms with van der Waals surface area (Å²) in [6, 6.07) is 2.56. The van der Waals surface area contributed by atoms with Crippen LogP contribution in [0, 0.1) is 0 Å². The van der Waals surface area contributed by atoms with Crippen LogP contribution in [-0.2, 0) is 0 Å². The van der Waals surface area contributed by atoms with Gasteiger partial charge in [-0.15, -0.1) is 0 Å². The Balaban J connectivity index is 1.83. The molecule has 0 aromatic carbocycles. The molecule has 0 amide bonds. The van der Waals surface area contributed by atoms with Gasteiger partial charge in [-0.2, -0.15) is 0 Å². The molecule has 0 spiro atoms. The van der Waals surface area contributed by atoms with Crippen molar-refractivity contribution in [2.24, 2.45) is 0 Å². The van der Waals surface area contributed by atoms with E-state index in [1.165, 1.54) is 12.8 Å². The summed E-state index contributed by atoms with van der Waals surface area (Å²) in [6.07, 6.45) is 4.44. The molecular weight excluding hydrogens is 200 g/mol. The smallest absolute Gasteiger partial charge is 0.133 e. The van der Waals surface area contributed by atoms with Crippen molar-refractivity contribution in [2.45, 2.75) is 31.7 Å². The van der Waals surface area contributed by atoms with Crippen LogP contribution in [0.4, 0.5) is 5.82 Å². The topological polar surface area (TPSA) is 41.0 Å². The van der Waals surface area contributed by atoms with Crippen LogP contribution in [0.1, 0.15) is 31.5 Å². The lowest BCUT2D eigenvalue weighted by molar-refractivity contribution is 0.496. The summed E-state index contributed by atoms with van der Waals surface area (Å²) < 4.78 is 0. The van der Waals surface area contributed by atoms with Crippen molar-refractivity contribution in [2.75, 3.05) is 24.5 Å². The molecule has 1 saturated heterocycles. The molecule has 2 fully saturated rings. The third-order valence-electron chi connectivity index (χ3n) is 3.40. The summed E-state index contributed by atoms with van der Waals surface area (Å²) in [7, 11) is 0. The molecule has 4 heteroatoms. The number of hydrogen-bond acceptors (Lipinski definition) is 4. The maximum atomic E-state index is 4.70. The van der Waals surface area contributed by atoms with Crippen molar-refractivity contribution in [3.8, 4) is 0 Å². The highest BCUT2D eigenvalue weighted by Gasteiger charge is 2.27. The van der Waals surface area contributed by atoms with E-state index >= 15 is 0 Å². The van der Waals surface area contributed by atoms with Crippen LogP contribution < -0.4 is 10.2 Å². The van der Waals surface area contributed by atoms with Gasteiger partial charge in [-0.05, 0) is 25.8 Å². The second kappa shape index (κ2) is 4.01. The minimum atomic E-state index is 0.524. The molecule has 3 rings (SSSR count). The Labute approximate surface area is 96.1 Å². The third kappa shape index (κ3) is 1.89. The largest absolute Gasteiger partial charge is 0.351 e. The molecule has 0 unspecified atom stereocenters. The fraction of sp³-hybridized carbons (Fsp3) is 0.667. The highest BCUT2D eigenvalue weighted by Crippen LogP contribution is 2.38. The first kappa shape index (κ1) is 10.0. The standard InChI is InChI=1S/C12H18N4/c1-9-8-13-6-7-16(9)11-4-5-14-12(15-11)10-2-3-10/h4-5,9-10,13H,2-3,6-8H2,1H3/t9-/m0/s1. The van der Waals surface area contributed by atoms with Gasteiger partial charge in [0, 0.05) is 37.8 Å². The van der Waals surface area contributed by atoms with Crippen molar-refractivity contribution in [1.82, 2.24) is 15.3 Å². The Bertz CT molecular complexity index is 375. The second-order valence-electron chi connectivity index (χ2n) is 4.79. The van der Waals surface area contributed by atoms with E-state index in [2.05, 4.69) is 22.1 Å². The van der Waals surface area contributed by atoms with Crippen LogP contribution >= 0.6 is 0 Å². The maximum Gasteiger partial charge on any atom is 0.133 e. The number of nitrogens with zero attached hydrogens (tertiary/aromatic N) is 3. The number of nitrogens with one attached hydrogen (secondary N) is 1. The zero-order chi connectivity index (χ0) is 11.0. The number of anilines is 1. The summed E-state index contributed by atoms with van der Waals surface area (Å²) in [5.74, 6) is 2.78. The number of rotatable bonds is 2. The molecule has 1 aromatic heterocycles. The SMILES string of the molecule is C[C@H]1CNCCN1c1ccnc(C2CC2)n1. The summed E-state index contributed by atoms with van der Waals surface area (Å²) >= 11 is 0. The quantitative estimate of drug-likeness (QED) is 0.808. The van der Waals surface area contributed by atoms with E-state index in [0.717, 1.165) is 31.3 Å². The fourth-order valence-corrected chi connectivity index (χ4v) is 2.24. The highest BCUT2D eigenvalue weighted by molar-refractivity contribution is 5.40. The molecular formula is C12H18N4. The van der Waals surface area contributed by atoms with Gasteiger partial charge in [-0.1, -0.05) is 0 Å². The van der Waals surface area contributed by atoms with E-state index in [9.17, 15) is 0 Å². The molecule has 1 saturated carbocycles. The average molecular weight is 218 g/mol. The van der Waals surface area contributed by atoms with Gasteiger partial charge in [0.25, 0.3) is 0 Å². The number of aromatic nitrogens is 2. The molecule has 0 bridgehead atoms. The van der Waals surface area contributed by atoms with Gasteiger partial charge >= 0.3 is 0 Å². The van der Waals surface area contributed by atoms with E-state index in [-0.39, 0.29) is 0 Å². The summed E-state index contributed by atoms with van der Waals surface area (Å²) in [4.78, 5) is 11.4. The molecule has 4 nitrogen and oxygen atoms in total. The van der Waals surface area contributed by atoms with Gasteiger partial charge in [-0.3, -0.25) is 0 Å². The van der Waals surface area contributed by atoms with Gasteiger partial charge in [0.15, 0.2) is 0 Å². The molecule has 1 aliphatic heterocycles. The Morgan fingerprint density at radius 2 is 2.31 bits per heavy atom. The predicted octanol–water partition coefficient (Wildman–Crippen LogP) is 1.15. The minimum absolute atomic E-state index is 0.524. The third-order valence-corrected chi connectivity index (χ3v) is 3.40. The molecule has 2 heterocycles. The fourth-order valence-electron chi connectivity index (χ4n) is 2.24. The first-order valence-corrected chi connectivity index (χ1v) is 6.15. The monoisotopic (exact) mass is 218 g/mol. The van der Waals surface area contributed by atoms with E-state index in [1.54, 1.807) is 0 Å². The lowest BCUT2D eigenvalue weighted by Crippen LogP contribution is -2.50. The molecule has 86 valence electrons. The molecule has 16 heavy (non-hydrogen) atoms. The van der Waals surface area contributed by atoms with Crippen LogP contribution in [0.5, 0.6) is 0 Å². The lowest BCUT2D eigenvalue weighted by Gasteiger charge is -2.34. The zero-order valence-electron chi connectivity index (χ0n) is 9.69. The zero-order valence-corrected chi connectivity index (χ0v) is 9.69. The van der Waals surface area contributed by atoms with E-state index in [1.807, 2.05) is 12.3 Å². The highest BCUT2D eigenvalue weighted by atomic mass is 15.3. The number of piperazine rings is 1. The van der Waals surface area contributed by atoms with Crippen LogP contribution in [0.25, 0.3) is 0 Å². The Kier molecular flexibility index (Phi) is 2.52. The molecule has 1 atom stereocenters. The van der Waals surface area contributed by atoms with Gasteiger partial charge in [-0.25, -0.2) is 9.97 Å². The molecule has 1 aliphatic carbocycles. The lowest BCUT2D eigenvalue weighted by atomic mass is 10.2. The van der Waals surface area contributed by atoms with Crippen LogP contribution in [0.2, 0.25) is 0 Å². The summed E-state index contributed by atoms with van der Waals surface area (Å²) in [6.45, 7) is 5.38. The van der Waals surface area contributed by atoms with Crippen molar-refractivity contribution in [3.63, 3.8) is 0 Å². The first-order valence-electron chi connectivity index (χ1n) is 6.15. The van der Waals surface area contributed by atoms with Gasteiger partial charge in [0.05, 0.1) is 0 Å². The average Bonchev–Trinajstić information content (AvgIpc) is 3.14. The van der Waals surface area contributed by atoms with Crippen LogP contribution in [0.15, 0.2) is 12.3 Å². The van der Waals surface area contributed by atoms with Crippen molar-refractivity contribution >= 4 is 5.82 Å². The normalized spacial score (nSPS) is 25.8. The van der Waals surface area contributed by atoms with Crippen LogP contribution in [-0.4, -0.2) is 35.6 Å². The van der Waals surface area contributed by atoms with Gasteiger partial charge < -0.3 is 10.2 Å². The van der Waals surface area contributed by atoms with Crippen molar-refractivity contribution in [3.05, 3.63) is 18.1 Å². The Morgan fingerprint density at radius 3 is 3.06 bits per heavy atom. The van der Waals surface area contributed by atoms with Crippen molar-refractivity contribution < 1.29 is 0 Å². The van der Waals surface area contributed by atoms with Crippen molar-refractivity contribution in [1.29, 1.82) is 0 Å². The summed E-state index contributed by atoms with van der Waals surface area (Å²) in [5.41, 5.74) is 0. The second-order valence-corrected chi connectivity index (χ2v) is 4.79. The Morgan fingerprint density at radius 1 is 1.44 bits per heavy atom. The van der Waals surface area contributed by atoms with Crippen LogP contribution in [0.3, 0.4) is 0 Å². The van der Waals surface area contributed by atoms with Gasteiger partial charge in [0.1, 0.15) is 11.6 Å². The summed E-state index contributed by atoms with van der Waals surface area (Å²) in [5, 5.41) is 3.40. The first-order chi connectivity index (χ1) is 7.84. The van der Waals surface area contributed by atoms with E-state index in [4.69, 9.17) is 4.98 Å². The maximum absolute atomic E-state index is 4.70. The molecule has 1 aromatic rings.